The van der Waals surface area contributed by atoms with Gasteiger partial charge in [0, 0.05) is 37.4 Å². The molecule has 0 aromatic heterocycles. The van der Waals surface area contributed by atoms with Crippen molar-refractivity contribution >= 4 is 17.5 Å². The van der Waals surface area contributed by atoms with Crippen molar-refractivity contribution in [2.24, 2.45) is 5.73 Å². The maximum absolute atomic E-state index is 11.9. The molecule has 1 fully saturated rings. The average molecular weight is 276 g/mol. The summed E-state index contributed by atoms with van der Waals surface area (Å²) in [5.41, 5.74) is 6.27. The zero-order valence-electron chi connectivity index (χ0n) is 11.6. The van der Waals surface area contributed by atoms with Crippen molar-refractivity contribution in [3.8, 4) is 0 Å². The Morgan fingerprint density at radius 3 is 2.30 bits per heavy atom. The average Bonchev–Trinajstić information content (AvgIpc) is 2.42. The first-order valence-corrected chi connectivity index (χ1v) is 6.65. The lowest BCUT2D eigenvalue weighted by atomic mass is 10.2. The second kappa shape index (κ2) is 6.49. The molecular weight excluding hydrogens is 256 g/mol. The number of rotatable bonds is 4. The first-order valence-electron chi connectivity index (χ1n) is 6.65. The van der Waals surface area contributed by atoms with E-state index in [9.17, 15) is 9.59 Å². The van der Waals surface area contributed by atoms with Gasteiger partial charge in [0.2, 0.25) is 11.8 Å². The third-order valence-electron chi connectivity index (χ3n) is 3.42. The number of anilines is 1. The summed E-state index contributed by atoms with van der Waals surface area (Å²) < 4.78 is 0. The van der Waals surface area contributed by atoms with Gasteiger partial charge in [-0.25, -0.2) is 0 Å². The maximum atomic E-state index is 11.9. The largest absolute Gasteiger partial charge is 0.366 e. The molecule has 0 atom stereocenters. The molecule has 0 saturated carbocycles. The number of hydrogen-bond donors (Lipinski definition) is 2. The second-order valence-corrected chi connectivity index (χ2v) is 5.07. The Balaban J connectivity index is 1.83. The van der Waals surface area contributed by atoms with E-state index in [1.54, 1.807) is 24.3 Å². The van der Waals surface area contributed by atoms with Gasteiger partial charge >= 0.3 is 0 Å². The topological polar surface area (TPSA) is 78.7 Å². The minimum Gasteiger partial charge on any atom is -0.366 e. The number of benzene rings is 1. The lowest BCUT2D eigenvalue weighted by Crippen LogP contribution is -2.47. The number of primary amides is 1. The van der Waals surface area contributed by atoms with E-state index in [0.29, 0.717) is 17.8 Å². The smallest absolute Gasteiger partial charge is 0.248 e. The zero-order valence-corrected chi connectivity index (χ0v) is 11.6. The van der Waals surface area contributed by atoms with Gasteiger partial charge in [-0.3, -0.25) is 14.5 Å². The molecule has 0 spiro atoms. The summed E-state index contributed by atoms with van der Waals surface area (Å²) >= 11 is 0. The first kappa shape index (κ1) is 14.5. The molecular formula is C14H20N4O2. The van der Waals surface area contributed by atoms with E-state index < -0.39 is 5.91 Å². The van der Waals surface area contributed by atoms with E-state index in [4.69, 9.17) is 5.73 Å². The molecule has 1 aromatic rings. The first-order chi connectivity index (χ1) is 9.54. The highest BCUT2D eigenvalue weighted by Gasteiger charge is 2.16. The van der Waals surface area contributed by atoms with Gasteiger partial charge in [0.1, 0.15) is 0 Å². The van der Waals surface area contributed by atoms with Gasteiger partial charge in [0.05, 0.1) is 6.54 Å². The quantitative estimate of drug-likeness (QED) is 0.809. The summed E-state index contributed by atoms with van der Waals surface area (Å²) in [6, 6.07) is 6.57. The second-order valence-electron chi connectivity index (χ2n) is 5.07. The summed E-state index contributed by atoms with van der Waals surface area (Å²) in [5.74, 6) is -0.512. The van der Waals surface area contributed by atoms with Gasteiger partial charge in [-0.05, 0) is 31.3 Å². The predicted molar refractivity (Wildman–Crippen MR) is 77.5 cm³/mol. The Morgan fingerprint density at radius 2 is 1.75 bits per heavy atom. The van der Waals surface area contributed by atoms with Crippen molar-refractivity contribution in [2.45, 2.75) is 0 Å². The minimum absolute atomic E-state index is 0.0404. The molecule has 108 valence electrons. The number of likely N-dealkylation sites (N-methyl/N-ethyl adjacent to an activating group) is 1. The minimum atomic E-state index is -0.472. The molecule has 6 heteroatoms. The van der Waals surface area contributed by atoms with Crippen LogP contribution in [0.3, 0.4) is 0 Å². The molecule has 1 aromatic carbocycles. The van der Waals surface area contributed by atoms with E-state index >= 15 is 0 Å². The Morgan fingerprint density at radius 1 is 1.15 bits per heavy atom. The molecule has 0 radical (unpaired) electrons. The third kappa shape index (κ3) is 4.04. The van der Waals surface area contributed by atoms with Crippen molar-refractivity contribution in [3.63, 3.8) is 0 Å². The Labute approximate surface area is 118 Å². The zero-order chi connectivity index (χ0) is 14.5. The van der Waals surface area contributed by atoms with Crippen LogP contribution in [0.1, 0.15) is 10.4 Å². The van der Waals surface area contributed by atoms with Gasteiger partial charge in [-0.1, -0.05) is 0 Å². The number of nitrogens with one attached hydrogen (secondary N) is 1. The van der Waals surface area contributed by atoms with Crippen LogP contribution in [0.15, 0.2) is 24.3 Å². The Kier molecular flexibility index (Phi) is 4.70. The summed E-state index contributed by atoms with van der Waals surface area (Å²) in [6.07, 6.45) is 0. The summed E-state index contributed by atoms with van der Waals surface area (Å²) in [6.45, 7) is 4.18. The van der Waals surface area contributed by atoms with Crippen LogP contribution < -0.4 is 11.1 Å². The molecule has 2 amide bonds. The standard InChI is InChI=1S/C14H20N4O2/c1-17-6-8-18(9-7-17)10-13(19)16-12-4-2-11(3-5-12)14(15)20/h2-5H,6-10H2,1H3,(H2,15,20)(H,16,19). The molecule has 1 aliphatic rings. The highest BCUT2D eigenvalue weighted by Crippen LogP contribution is 2.09. The van der Waals surface area contributed by atoms with Crippen LogP contribution in [0.4, 0.5) is 5.69 Å². The van der Waals surface area contributed by atoms with Crippen LogP contribution in [-0.2, 0) is 4.79 Å². The van der Waals surface area contributed by atoms with Gasteiger partial charge < -0.3 is 16.0 Å². The molecule has 1 aliphatic heterocycles. The van der Waals surface area contributed by atoms with Crippen molar-refractivity contribution in [2.75, 3.05) is 45.1 Å². The maximum Gasteiger partial charge on any atom is 0.248 e. The van der Waals surface area contributed by atoms with Crippen LogP contribution in [0.2, 0.25) is 0 Å². The molecule has 6 nitrogen and oxygen atoms in total. The number of hydrogen-bond acceptors (Lipinski definition) is 4. The number of nitrogens with two attached hydrogens (primary N) is 1. The fourth-order valence-corrected chi connectivity index (χ4v) is 2.13. The van der Waals surface area contributed by atoms with Gasteiger partial charge in [0.25, 0.3) is 0 Å². The molecule has 3 N–H and O–H groups in total. The number of nitrogens with zero attached hydrogens (tertiary/aromatic N) is 2. The molecule has 1 heterocycles. The number of carbonyl (C=O) groups is 2. The summed E-state index contributed by atoms with van der Waals surface area (Å²) in [7, 11) is 2.08. The highest BCUT2D eigenvalue weighted by atomic mass is 16.2. The van der Waals surface area contributed by atoms with Crippen molar-refractivity contribution in [1.29, 1.82) is 0 Å². The molecule has 2 rings (SSSR count). The molecule has 0 aliphatic carbocycles. The fourth-order valence-electron chi connectivity index (χ4n) is 2.13. The summed E-state index contributed by atoms with van der Waals surface area (Å²) in [4.78, 5) is 27.2. The third-order valence-corrected chi connectivity index (χ3v) is 3.42. The van der Waals surface area contributed by atoms with E-state index in [-0.39, 0.29) is 5.91 Å². The monoisotopic (exact) mass is 276 g/mol. The lowest BCUT2D eigenvalue weighted by Gasteiger charge is -2.31. The van der Waals surface area contributed by atoms with Gasteiger partial charge in [-0.2, -0.15) is 0 Å². The number of amides is 2. The van der Waals surface area contributed by atoms with Gasteiger partial charge in [0.15, 0.2) is 0 Å². The van der Waals surface area contributed by atoms with E-state index in [1.807, 2.05) is 0 Å². The van der Waals surface area contributed by atoms with Crippen LogP contribution in [0, 0.1) is 0 Å². The van der Waals surface area contributed by atoms with Crippen LogP contribution >= 0.6 is 0 Å². The van der Waals surface area contributed by atoms with Crippen molar-refractivity contribution in [1.82, 2.24) is 9.80 Å². The SMILES string of the molecule is CN1CCN(CC(=O)Nc2ccc(C(N)=O)cc2)CC1. The van der Waals surface area contributed by atoms with Gasteiger partial charge in [-0.15, -0.1) is 0 Å². The Bertz CT molecular complexity index is 478. The van der Waals surface area contributed by atoms with Crippen molar-refractivity contribution in [3.05, 3.63) is 29.8 Å². The fraction of sp³-hybridized carbons (Fsp3) is 0.429. The highest BCUT2D eigenvalue weighted by molar-refractivity contribution is 5.95. The molecule has 0 bridgehead atoms. The number of piperazine rings is 1. The molecule has 20 heavy (non-hydrogen) atoms. The van der Waals surface area contributed by atoms with Crippen LogP contribution in [-0.4, -0.2) is 61.4 Å². The van der Waals surface area contributed by atoms with Crippen LogP contribution in [0.5, 0.6) is 0 Å². The molecule has 0 unspecified atom stereocenters. The lowest BCUT2D eigenvalue weighted by molar-refractivity contribution is -0.117. The predicted octanol–water partition coefficient (Wildman–Crippen LogP) is -0.0286. The van der Waals surface area contributed by atoms with E-state index in [0.717, 1.165) is 26.2 Å². The van der Waals surface area contributed by atoms with Crippen LogP contribution in [0.25, 0.3) is 0 Å². The van der Waals surface area contributed by atoms with Crippen molar-refractivity contribution < 1.29 is 9.59 Å². The molecule has 1 saturated heterocycles. The normalized spacial score (nSPS) is 16.9. The Hall–Kier alpha value is -1.92. The van der Waals surface area contributed by atoms with E-state index in [1.165, 1.54) is 0 Å². The number of carbonyl (C=O) groups excluding carboxylic acids is 2. The summed E-state index contributed by atoms with van der Waals surface area (Å²) in [5, 5.41) is 2.82. The van der Waals surface area contributed by atoms with E-state index in [2.05, 4.69) is 22.2 Å².